The molecular weight excluding hydrogens is 180 g/mol. The van der Waals surface area contributed by atoms with E-state index in [1.165, 1.54) is 0 Å². The Labute approximate surface area is 63.5 Å². The third-order valence-electron chi connectivity index (χ3n) is 1.10. The highest BCUT2D eigenvalue weighted by Crippen LogP contribution is 2.12. The van der Waals surface area contributed by atoms with Crippen molar-refractivity contribution in [1.29, 1.82) is 0 Å². The average Bonchev–Trinajstić information content (AvgIpc) is 1.88. The van der Waals surface area contributed by atoms with Gasteiger partial charge in [-0.3, -0.25) is 0 Å². The van der Waals surface area contributed by atoms with Crippen LogP contribution in [0.3, 0.4) is 0 Å². The molecule has 1 atom stereocenters. The SMILES string of the molecule is O=S(=O)(Cl)C1COCCO1. The minimum Gasteiger partial charge on any atom is -0.375 e. The molecule has 1 heterocycles. The van der Waals surface area contributed by atoms with Crippen molar-refractivity contribution in [2.45, 2.75) is 5.44 Å². The standard InChI is InChI=1S/C4H7ClO4S/c5-10(6,7)4-3-8-1-2-9-4/h4H,1-3H2. The van der Waals surface area contributed by atoms with Crippen molar-refractivity contribution in [2.75, 3.05) is 19.8 Å². The van der Waals surface area contributed by atoms with Gasteiger partial charge in [0.15, 0.2) is 5.44 Å². The van der Waals surface area contributed by atoms with Crippen molar-refractivity contribution in [2.24, 2.45) is 0 Å². The summed E-state index contributed by atoms with van der Waals surface area (Å²) >= 11 is 0. The van der Waals surface area contributed by atoms with Crippen molar-refractivity contribution in [3.8, 4) is 0 Å². The highest BCUT2D eigenvalue weighted by Gasteiger charge is 2.26. The van der Waals surface area contributed by atoms with Crippen LogP contribution in [-0.4, -0.2) is 33.7 Å². The Morgan fingerprint density at radius 1 is 1.40 bits per heavy atom. The number of rotatable bonds is 1. The molecule has 0 aliphatic carbocycles. The van der Waals surface area contributed by atoms with Crippen LogP contribution in [0.4, 0.5) is 0 Å². The Morgan fingerprint density at radius 2 is 2.10 bits per heavy atom. The highest BCUT2D eigenvalue weighted by molar-refractivity contribution is 8.14. The van der Waals surface area contributed by atoms with Gasteiger partial charge in [-0.25, -0.2) is 8.42 Å². The lowest BCUT2D eigenvalue weighted by Gasteiger charge is -2.19. The molecule has 60 valence electrons. The van der Waals surface area contributed by atoms with E-state index >= 15 is 0 Å². The van der Waals surface area contributed by atoms with Gasteiger partial charge in [0.1, 0.15) is 0 Å². The second-order valence-electron chi connectivity index (χ2n) is 1.85. The van der Waals surface area contributed by atoms with E-state index in [0.717, 1.165) is 0 Å². The molecule has 1 unspecified atom stereocenters. The van der Waals surface area contributed by atoms with Crippen molar-refractivity contribution in [3.05, 3.63) is 0 Å². The van der Waals surface area contributed by atoms with E-state index in [1.807, 2.05) is 0 Å². The summed E-state index contributed by atoms with van der Waals surface area (Å²) in [4.78, 5) is 0. The van der Waals surface area contributed by atoms with Gasteiger partial charge in [-0.05, 0) is 0 Å². The lowest BCUT2D eigenvalue weighted by atomic mass is 10.6. The fraction of sp³-hybridized carbons (Fsp3) is 1.00. The Morgan fingerprint density at radius 3 is 2.40 bits per heavy atom. The van der Waals surface area contributed by atoms with Gasteiger partial charge < -0.3 is 9.47 Å². The second kappa shape index (κ2) is 3.04. The van der Waals surface area contributed by atoms with Crippen molar-refractivity contribution in [1.82, 2.24) is 0 Å². The summed E-state index contributed by atoms with van der Waals surface area (Å²) in [5, 5.41) is 0. The minimum absolute atomic E-state index is 0.0336. The lowest BCUT2D eigenvalue weighted by Crippen LogP contribution is -2.32. The van der Waals surface area contributed by atoms with E-state index in [2.05, 4.69) is 0 Å². The Balaban J connectivity index is 2.56. The molecule has 0 amide bonds. The molecule has 1 rings (SSSR count). The van der Waals surface area contributed by atoms with Crippen LogP contribution in [0.1, 0.15) is 0 Å². The van der Waals surface area contributed by atoms with E-state index < -0.39 is 14.5 Å². The van der Waals surface area contributed by atoms with Gasteiger partial charge >= 0.3 is 0 Å². The van der Waals surface area contributed by atoms with E-state index in [4.69, 9.17) is 20.2 Å². The number of ether oxygens (including phenoxy) is 2. The van der Waals surface area contributed by atoms with E-state index in [9.17, 15) is 8.42 Å². The summed E-state index contributed by atoms with van der Waals surface area (Å²) in [6.45, 7) is 0.755. The number of hydrogen-bond donors (Lipinski definition) is 0. The first kappa shape index (κ1) is 8.26. The molecule has 0 bridgehead atoms. The first-order chi connectivity index (χ1) is 4.61. The fourth-order valence-electron chi connectivity index (χ4n) is 0.629. The third kappa shape index (κ3) is 2.09. The van der Waals surface area contributed by atoms with Crippen molar-refractivity contribution < 1.29 is 17.9 Å². The zero-order valence-electron chi connectivity index (χ0n) is 5.12. The molecule has 1 fully saturated rings. The molecule has 0 aromatic rings. The fourth-order valence-corrected chi connectivity index (χ4v) is 1.45. The van der Waals surface area contributed by atoms with Crippen LogP contribution in [0.15, 0.2) is 0 Å². The predicted molar refractivity (Wildman–Crippen MR) is 35.3 cm³/mol. The van der Waals surface area contributed by atoms with Gasteiger partial charge in [0.25, 0.3) is 9.05 Å². The van der Waals surface area contributed by atoms with Crippen molar-refractivity contribution in [3.63, 3.8) is 0 Å². The summed E-state index contributed by atoms with van der Waals surface area (Å²) in [6.07, 6.45) is 0. The molecule has 0 saturated carbocycles. The minimum atomic E-state index is -3.60. The van der Waals surface area contributed by atoms with Gasteiger partial charge in [0.05, 0.1) is 19.8 Å². The van der Waals surface area contributed by atoms with Crippen LogP contribution in [0, 0.1) is 0 Å². The maximum atomic E-state index is 10.5. The Hall–Kier alpha value is 0.160. The van der Waals surface area contributed by atoms with Crippen LogP contribution in [0.25, 0.3) is 0 Å². The monoisotopic (exact) mass is 186 g/mol. The zero-order valence-corrected chi connectivity index (χ0v) is 6.69. The van der Waals surface area contributed by atoms with E-state index in [1.54, 1.807) is 0 Å². The van der Waals surface area contributed by atoms with E-state index in [0.29, 0.717) is 6.61 Å². The number of halogens is 1. The lowest BCUT2D eigenvalue weighted by molar-refractivity contribution is -0.0527. The Kier molecular flexibility index (Phi) is 2.51. The van der Waals surface area contributed by atoms with Crippen LogP contribution in [0.2, 0.25) is 0 Å². The molecule has 1 aliphatic rings. The first-order valence-electron chi connectivity index (χ1n) is 2.73. The van der Waals surface area contributed by atoms with Crippen LogP contribution in [-0.2, 0) is 18.5 Å². The molecule has 1 aliphatic heterocycles. The van der Waals surface area contributed by atoms with Gasteiger partial charge in [-0.1, -0.05) is 0 Å². The first-order valence-corrected chi connectivity index (χ1v) is 5.11. The summed E-state index contributed by atoms with van der Waals surface area (Å²) < 4.78 is 30.7. The molecule has 0 aromatic heterocycles. The van der Waals surface area contributed by atoms with Crippen molar-refractivity contribution >= 4 is 19.7 Å². The molecule has 1 saturated heterocycles. The smallest absolute Gasteiger partial charge is 0.261 e. The molecule has 10 heavy (non-hydrogen) atoms. The summed E-state index contributed by atoms with van der Waals surface area (Å²) in [5.41, 5.74) is -0.983. The Bertz CT molecular complexity index is 193. The topological polar surface area (TPSA) is 52.6 Å². The molecule has 0 N–H and O–H groups in total. The van der Waals surface area contributed by atoms with Crippen LogP contribution < -0.4 is 0 Å². The average molecular weight is 187 g/mol. The molecule has 0 spiro atoms. The quantitative estimate of drug-likeness (QED) is 0.538. The van der Waals surface area contributed by atoms with Gasteiger partial charge in [0, 0.05) is 10.7 Å². The summed E-state index contributed by atoms with van der Waals surface area (Å²) in [7, 11) is 1.38. The molecular formula is C4H7ClO4S. The molecule has 0 aromatic carbocycles. The highest BCUT2D eigenvalue weighted by atomic mass is 35.7. The second-order valence-corrected chi connectivity index (χ2v) is 4.62. The third-order valence-corrected chi connectivity index (χ3v) is 2.60. The van der Waals surface area contributed by atoms with Gasteiger partial charge in [-0.2, -0.15) is 0 Å². The van der Waals surface area contributed by atoms with Crippen LogP contribution in [0.5, 0.6) is 0 Å². The van der Waals surface area contributed by atoms with E-state index in [-0.39, 0.29) is 13.2 Å². The number of hydrogen-bond acceptors (Lipinski definition) is 4. The van der Waals surface area contributed by atoms with Gasteiger partial charge in [-0.15, -0.1) is 0 Å². The normalized spacial score (nSPS) is 28.3. The van der Waals surface area contributed by atoms with Crippen LogP contribution >= 0.6 is 10.7 Å². The molecule has 0 radical (unpaired) electrons. The summed E-state index contributed by atoms with van der Waals surface area (Å²) in [6, 6.07) is 0. The maximum absolute atomic E-state index is 10.5. The maximum Gasteiger partial charge on any atom is 0.261 e. The molecule has 4 nitrogen and oxygen atoms in total. The molecule has 6 heteroatoms. The zero-order chi connectivity index (χ0) is 7.61. The largest absolute Gasteiger partial charge is 0.375 e. The predicted octanol–water partition coefficient (Wildman–Crippen LogP) is -0.0721. The summed E-state index contributed by atoms with van der Waals surface area (Å²) in [5.74, 6) is 0. The van der Waals surface area contributed by atoms with Gasteiger partial charge in [0.2, 0.25) is 0 Å².